The Morgan fingerprint density at radius 3 is 2.89 bits per heavy atom. The van der Waals surface area contributed by atoms with E-state index in [2.05, 4.69) is 5.10 Å². The predicted molar refractivity (Wildman–Crippen MR) is 70.8 cm³/mol. The summed E-state index contributed by atoms with van der Waals surface area (Å²) in [5.41, 5.74) is -0.0703. The number of halogens is 1. The highest BCUT2D eigenvalue weighted by Gasteiger charge is 2.14. The molecule has 0 atom stereocenters. The van der Waals surface area contributed by atoms with Crippen LogP contribution in [0.2, 0.25) is 5.02 Å². The highest BCUT2D eigenvalue weighted by molar-refractivity contribution is 6.30. The van der Waals surface area contributed by atoms with Gasteiger partial charge in [0.15, 0.2) is 0 Å². The van der Waals surface area contributed by atoms with Crippen molar-refractivity contribution in [3.63, 3.8) is 0 Å². The third-order valence-corrected chi connectivity index (χ3v) is 2.58. The van der Waals surface area contributed by atoms with Crippen LogP contribution in [0.15, 0.2) is 41.3 Å². The Balaban J connectivity index is 2.47. The fourth-order valence-electron chi connectivity index (χ4n) is 1.51. The van der Waals surface area contributed by atoms with E-state index >= 15 is 0 Å². The van der Waals surface area contributed by atoms with Gasteiger partial charge in [0.1, 0.15) is 0 Å². The molecule has 0 aliphatic heterocycles. The molecular weight excluding hydrogens is 268 g/mol. The predicted octanol–water partition coefficient (Wildman–Crippen LogP) is 2.06. The normalized spacial score (nSPS) is 10.2. The highest BCUT2D eigenvalue weighted by atomic mass is 35.5. The van der Waals surface area contributed by atoms with Crippen molar-refractivity contribution in [3.8, 4) is 5.69 Å². The lowest BCUT2D eigenvalue weighted by molar-refractivity contribution is 0.0515. The molecule has 1 aromatic carbocycles. The summed E-state index contributed by atoms with van der Waals surface area (Å²) in [5.74, 6) is -0.733. The van der Waals surface area contributed by atoms with Crippen molar-refractivity contribution in [1.29, 1.82) is 0 Å². The number of ether oxygens (including phenoxy) is 1. The molecule has 0 bridgehead atoms. The SMILES string of the molecule is CCOC(=O)c1nn(-c2cccc(Cl)c2)ccc1=O. The Morgan fingerprint density at radius 1 is 1.42 bits per heavy atom. The molecule has 2 aromatic rings. The fourth-order valence-corrected chi connectivity index (χ4v) is 1.70. The topological polar surface area (TPSA) is 61.2 Å². The van der Waals surface area contributed by atoms with Gasteiger partial charge >= 0.3 is 5.97 Å². The van der Waals surface area contributed by atoms with E-state index in [0.29, 0.717) is 10.7 Å². The molecule has 1 aromatic heterocycles. The lowest BCUT2D eigenvalue weighted by Crippen LogP contribution is -2.22. The van der Waals surface area contributed by atoms with Gasteiger partial charge in [0.05, 0.1) is 12.3 Å². The zero-order chi connectivity index (χ0) is 13.8. The quantitative estimate of drug-likeness (QED) is 0.806. The van der Waals surface area contributed by atoms with Crippen LogP contribution in [-0.2, 0) is 4.74 Å². The summed E-state index contributed by atoms with van der Waals surface area (Å²) in [5, 5.41) is 4.51. The van der Waals surface area contributed by atoms with Crippen LogP contribution in [-0.4, -0.2) is 22.4 Å². The van der Waals surface area contributed by atoms with Gasteiger partial charge in [-0.15, -0.1) is 0 Å². The Morgan fingerprint density at radius 2 is 2.21 bits per heavy atom. The number of rotatable bonds is 3. The van der Waals surface area contributed by atoms with E-state index < -0.39 is 11.4 Å². The summed E-state index contributed by atoms with van der Waals surface area (Å²) in [6.45, 7) is 1.85. The first-order valence-corrected chi connectivity index (χ1v) is 6.02. The van der Waals surface area contributed by atoms with Gasteiger partial charge < -0.3 is 4.74 Å². The Kier molecular flexibility index (Phi) is 3.97. The average molecular weight is 279 g/mol. The number of esters is 1. The highest BCUT2D eigenvalue weighted by Crippen LogP contribution is 2.13. The first-order valence-electron chi connectivity index (χ1n) is 5.65. The summed E-state index contributed by atoms with van der Waals surface area (Å²) >= 11 is 5.88. The summed E-state index contributed by atoms with van der Waals surface area (Å²) in [6.07, 6.45) is 1.47. The van der Waals surface area contributed by atoms with E-state index in [9.17, 15) is 9.59 Å². The fraction of sp³-hybridized carbons (Fsp3) is 0.154. The van der Waals surface area contributed by atoms with Crippen LogP contribution in [0.25, 0.3) is 5.69 Å². The van der Waals surface area contributed by atoms with Crippen molar-refractivity contribution in [2.75, 3.05) is 6.61 Å². The van der Waals surface area contributed by atoms with E-state index in [1.54, 1.807) is 31.2 Å². The van der Waals surface area contributed by atoms with Gasteiger partial charge in [-0.2, -0.15) is 5.10 Å². The van der Waals surface area contributed by atoms with Crippen LogP contribution in [0.4, 0.5) is 0 Å². The van der Waals surface area contributed by atoms with E-state index in [1.165, 1.54) is 16.9 Å². The second-order valence-corrected chi connectivity index (χ2v) is 4.11. The standard InChI is InChI=1S/C13H11ClN2O3/c1-2-19-13(18)12-11(17)6-7-16(15-12)10-5-3-4-9(14)8-10/h3-8H,2H2,1H3. The Hall–Kier alpha value is -2.14. The van der Waals surface area contributed by atoms with Crippen LogP contribution in [0.5, 0.6) is 0 Å². The van der Waals surface area contributed by atoms with Crippen LogP contribution in [0, 0.1) is 0 Å². The summed E-state index contributed by atoms with van der Waals surface area (Å²) < 4.78 is 6.18. The number of carbonyl (C=O) groups excluding carboxylic acids is 1. The third-order valence-electron chi connectivity index (χ3n) is 2.35. The van der Waals surface area contributed by atoms with Crippen molar-refractivity contribution in [3.05, 3.63) is 57.5 Å². The molecular formula is C13H11ClN2O3. The molecule has 2 rings (SSSR count). The van der Waals surface area contributed by atoms with Gasteiger partial charge in [-0.3, -0.25) is 4.79 Å². The van der Waals surface area contributed by atoms with Crippen molar-refractivity contribution in [1.82, 2.24) is 9.78 Å². The molecule has 98 valence electrons. The summed E-state index contributed by atoms with van der Waals surface area (Å²) in [6, 6.07) is 8.17. The maximum absolute atomic E-state index is 11.6. The van der Waals surface area contributed by atoms with Gasteiger partial charge in [0, 0.05) is 17.3 Å². The third kappa shape index (κ3) is 3.00. The van der Waals surface area contributed by atoms with E-state index in [1.807, 2.05) is 0 Å². The van der Waals surface area contributed by atoms with Crippen molar-refractivity contribution in [2.24, 2.45) is 0 Å². The number of aromatic nitrogens is 2. The van der Waals surface area contributed by atoms with E-state index in [-0.39, 0.29) is 12.3 Å². The van der Waals surface area contributed by atoms with Crippen LogP contribution >= 0.6 is 11.6 Å². The number of carbonyl (C=O) groups is 1. The Labute approximate surface area is 114 Å². The number of nitrogens with zero attached hydrogens (tertiary/aromatic N) is 2. The molecule has 0 radical (unpaired) electrons. The monoisotopic (exact) mass is 278 g/mol. The molecule has 19 heavy (non-hydrogen) atoms. The molecule has 0 saturated carbocycles. The van der Waals surface area contributed by atoms with Crippen molar-refractivity contribution >= 4 is 17.6 Å². The van der Waals surface area contributed by atoms with E-state index in [4.69, 9.17) is 16.3 Å². The molecule has 0 saturated heterocycles. The lowest BCUT2D eigenvalue weighted by Gasteiger charge is -2.07. The second-order valence-electron chi connectivity index (χ2n) is 3.67. The number of benzene rings is 1. The zero-order valence-corrected chi connectivity index (χ0v) is 10.9. The lowest BCUT2D eigenvalue weighted by atomic mass is 10.3. The molecule has 1 heterocycles. The molecule has 0 amide bonds. The minimum absolute atomic E-state index is 0.187. The molecule has 0 aliphatic carbocycles. The minimum Gasteiger partial charge on any atom is -0.461 e. The molecule has 0 unspecified atom stereocenters. The van der Waals surface area contributed by atoms with Crippen molar-refractivity contribution < 1.29 is 9.53 Å². The first kappa shape index (κ1) is 13.3. The molecule has 6 heteroatoms. The largest absolute Gasteiger partial charge is 0.461 e. The first-order chi connectivity index (χ1) is 9.11. The van der Waals surface area contributed by atoms with Crippen LogP contribution < -0.4 is 5.43 Å². The molecule has 0 N–H and O–H groups in total. The molecule has 5 nitrogen and oxygen atoms in total. The maximum Gasteiger partial charge on any atom is 0.362 e. The van der Waals surface area contributed by atoms with Crippen LogP contribution in [0.1, 0.15) is 17.4 Å². The van der Waals surface area contributed by atoms with Gasteiger partial charge in [0.25, 0.3) is 0 Å². The van der Waals surface area contributed by atoms with Crippen molar-refractivity contribution in [2.45, 2.75) is 6.92 Å². The minimum atomic E-state index is -0.733. The molecule has 0 fully saturated rings. The number of hydrogen-bond donors (Lipinski definition) is 0. The smallest absolute Gasteiger partial charge is 0.362 e. The Bertz CT molecular complexity index is 667. The van der Waals surface area contributed by atoms with Gasteiger partial charge in [-0.05, 0) is 25.1 Å². The van der Waals surface area contributed by atoms with Gasteiger partial charge in [-0.25, -0.2) is 9.48 Å². The number of hydrogen-bond acceptors (Lipinski definition) is 4. The van der Waals surface area contributed by atoms with Crippen LogP contribution in [0.3, 0.4) is 0 Å². The maximum atomic E-state index is 11.6. The summed E-state index contributed by atoms with van der Waals surface area (Å²) in [4.78, 5) is 23.2. The molecule has 0 spiro atoms. The average Bonchev–Trinajstić information content (AvgIpc) is 2.39. The zero-order valence-electron chi connectivity index (χ0n) is 10.2. The van der Waals surface area contributed by atoms with Gasteiger partial charge in [-0.1, -0.05) is 17.7 Å². The van der Waals surface area contributed by atoms with Gasteiger partial charge in [0.2, 0.25) is 11.1 Å². The second kappa shape index (κ2) is 5.67. The van der Waals surface area contributed by atoms with E-state index in [0.717, 1.165) is 0 Å². The molecule has 0 aliphatic rings. The summed E-state index contributed by atoms with van der Waals surface area (Å²) in [7, 11) is 0.